The van der Waals surface area contributed by atoms with E-state index in [2.05, 4.69) is 32.6 Å². The normalized spacial score (nSPS) is 13.5. The van der Waals surface area contributed by atoms with Crippen LogP contribution >= 0.6 is 0 Å². The van der Waals surface area contributed by atoms with Gasteiger partial charge in [-0.1, -0.05) is 42.5 Å². The first-order valence-electron chi connectivity index (χ1n) is 9.91. The Labute approximate surface area is 173 Å². The summed E-state index contributed by atoms with van der Waals surface area (Å²) in [4.78, 5) is 4.12. The van der Waals surface area contributed by atoms with E-state index in [1.54, 1.807) is 0 Å². The quantitative estimate of drug-likeness (QED) is 0.510. The highest BCUT2D eigenvalue weighted by molar-refractivity contribution is 5.70. The van der Waals surface area contributed by atoms with Crippen LogP contribution in [-0.4, -0.2) is 21.2 Å². The summed E-state index contributed by atoms with van der Waals surface area (Å²) >= 11 is 0. The van der Waals surface area contributed by atoms with Crippen LogP contribution in [0.3, 0.4) is 0 Å². The topological polar surface area (TPSA) is 53.6 Å². The van der Waals surface area contributed by atoms with Gasteiger partial charge in [-0.05, 0) is 53.3 Å². The molecule has 1 aliphatic carbocycles. The van der Waals surface area contributed by atoms with Crippen molar-refractivity contribution in [1.29, 1.82) is 0 Å². The number of hydrogen-bond donors (Lipinski definition) is 2. The molecule has 0 atom stereocenters. The zero-order valence-corrected chi connectivity index (χ0v) is 16.2. The summed E-state index contributed by atoms with van der Waals surface area (Å²) in [6, 6.07) is 18.6. The molecule has 150 valence electrons. The number of nitrogens with one attached hydrogen (secondary N) is 2. The third-order valence-electron chi connectivity index (χ3n) is 5.64. The van der Waals surface area contributed by atoms with Crippen molar-refractivity contribution in [3.05, 3.63) is 95.3 Å². The molecule has 0 bridgehead atoms. The average Bonchev–Trinajstić information content (AvgIpc) is 3.43. The lowest BCUT2D eigenvalue weighted by Gasteiger charge is -2.14. The summed E-state index contributed by atoms with van der Waals surface area (Å²) in [6.45, 7) is 0.161. The minimum atomic E-state index is -0.543. The summed E-state index contributed by atoms with van der Waals surface area (Å²) < 4.78 is 29.6. The number of nitrogens with zero attached hydrogens (tertiary/aromatic N) is 2. The van der Waals surface area contributed by atoms with Gasteiger partial charge in [0.15, 0.2) is 5.82 Å². The minimum absolute atomic E-state index is 0.0705. The zero-order valence-electron chi connectivity index (χ0n) is 16.2. The maximum absolute atomic E-state index is 14.8. The fourth-order valence-corrected chi connectivity index (χ4v) is 4.08. The first-order valence-corrected chi connectivity index (χ1v) is 9.91. The van der Waals surface area contributed by atoms with E-state index in [0.29, 0.717) is 17.0 Å². The maximum Gasteiger partial charge on any atom is 0.155 e. The Morgan fingerprint density at radius 2 is 1.57 bits per heavy atom. The molecular weight excluding hydrogens is 382 g/mol. The molecule has 6 heteroatoms. The van der Waals surface area contributed by atoms with Gasteiger partial charge in [0.05, 0.1) is 0 Å². The van der Waals surface area contributed by atoms with Crippen LogP contribution in [0.4, 0.5) is 8.78 Å². The number of hydrogen-bond acceptors (Lipinski definition) is 3. The van der Waals surface area contributed by atoms with Gasteiger partial charge >= 0.3 is 0 Å². The van der Waals surface area contributed by atoms with Gasteiger partial charge in [0.2, 0.25) is 0 Å². The van der Waals surface area contributed by atoms with Crippen LogP contribution in [-0.2, 0) is 19.4 Å². The van der Waals surface area contributed by atoms with Crippen molar-refractivity contribution in [1.82, 2.24) is 20.5 Å². The van der Waals surface area contributed by atoms with Crippen molar-refractivity contribution in [2.75, 3.05) is 0 Å². The van der Waals surface area contributed by atoms with Gasteiger partial charge in [0.25, 0.3) is 0 Å². The highest BCUT2D eigenvalue weighted by Gasteiger charge is 2.21. The van der Waals surface area contributed by atoms with E-state index in [1.807, 2.05) is 36.4 Å². The second-order valence-corrected chi connectivity index (χ2v) is 7.59. The van der Waals surface area contributed by atoms with Gasteiger partial charge in [-0.3, -0.25) is 5.10 Å². The lowest BCUT2D eigenvalue weighted by Crippen LogP contribution is -2.29. The Balaban J connectivity index is 1.34. The first-order chi connectivity index (χ1) is 14.7. The van der Waals surface area contributed by atoms with Crippen LogP contribution in [0, 0.1) is 11.6 Å². The molecule has 4 nitrogen and oxygen atoms in total. The fourth-order valence-electron chi connectivity index (χ4n) is 4.08. The molecule has 0 fully saturated rings. The van der Waals surface area contributed by atoms with Gasteiger partial charge in [0.1, 0.15) is 18.0 Å². The molecule has 0 aliphatic heterocycles. The molecule has 0 amide bonds. The lowest BCUT2D eigenvalue weighted by atomic mass is 10.0. The van der Waals surface area contributed by atoms with Gasteiger partial charge in [-0.25, -0.2) is 13.8 Å². The van der Waals surface area contributed by atoms with E-state index in [9.17, 15) is 8.78 Å². The third-order valence-corrected chi connectivity index (χ3v) is 5.64. The molecule has 3 aromatic carbocycles. The number of rotatable bonds is 5. The molecule has 1 aliphatic rings. The molecule has 4 aromatic rings. The molecule has 5 rings (SSSR count). The molecule has 0 spiro atoms. The van der Waals surface area contributed by atoms with E-state index in [0.717, 1.165) is 18.4 Å². The molecule has 2 N–H and O–H groups in total. The number of aromatic nitrogens is 3. The Bertz CT molecular complexity index is 1140. The van der Waals surface area contributed by atoms with Gasteiger partial charge < -0.3 is 5.32 Å². The van der Waals surface area contributed by atoms with Crippen LogP contribution in [0.25, 0.3) is 22.5 Å². The molecule has 0 radical (unpaired) electrons. The summed E-state index contributed by atoms with van der Waals surface area (Å²) in [7, 11) is 0. The largest absolute Gasteiger partial charge is 0.309 e. The minimum Gasteiger partial charge on any atom is -0.309 e. The Kier molecular flexibility index (Phi) is 4.85. The molecule has 30 heavy (non-hydrogen) atoms. The standard InChI is InChI=1S/C24H20F2N4/c25-22-11-19(15-6-3-7-18(8-15)24-28-14-29-30-24)12-23(26)21(22)13-27-20-9-16-4-1-2-5-17(16)10-20/h1-8,11-12,14,20,27H,9-10,13H2,(H,28,29,30). The average molecular weight is 402 g/mol. The summed E-state index contributed by atoms with van der Waals surface area (Å²) in [6.07, 6.45) is 3.18. The van der Waals surface area contributed by atoms with Crippen LogP contribution in [0.5, 0.6) is 0 Å². The molecule has 0 unspecified atom stereocenters. The fraction of sp³-hybridized carbons (Fsp3) is 0.167. The summed E-state index contributed by atoms with van der Waals surface area (Å²) in [5.74, 6) is -0.479. The predicted octanol–water partition coefficient (Wildman–Crippen LogP) is 4.67. The smallest absolute Gasteiger partial charge is 0.155 e. The number of benzene rings is 3. The first kappa shape index (κ1) is 18.6. The Morgan fingerprint density at radius 1 is 0.867 bits per heavy atom. The van der Waals surface area contributed by atoms with Crippen LogP contribution in [0.2, 0.25) is 0 Å². The molecule has 0 saturated carbocycles. The van der Waals surface area contributed by atoms with E-state index in [4.69, 9.17) is 0 Å². The number of halogens is 2. The SMILES string of the molecule is Fc1cc(-c2cccc(-c3ncn[nH]3)c2)cc(F)c1CNC1Cc2ccccc2C1. The van der Waals surface area contributed by atoms with Crippen molar-refractivity contribution in [2.45, 2.75) is 25.4 Å². The van der Waals surface area contributed by atoms with E-state index in [-0.39, 0.29) is 18.2 Å². The van der Waals surface area contributed by atoms with Crippen LogP contribution < -0.4 is 5.32 Å². The summed E-state index contributed by atoms with van der Waals surface area (Å²) in [5.41, 5.74) is 4.69. The van der Waals surface area contributed by atoms with Gasteiger partial charge in [0, 0.05) is 23.7 Å². The lowest BCUT2D eigenvalue weighted by molar-refractivity contribution is 0.492. The second-order valence-electron chi connectivity index (χ2n) is 7.59. The highest BCUT2D eigenvalue weighted by atomic mass is 19.1. The Morgan fingerprint density at radius 3 is 2.23 bits per heavy atom. The monoisotopic (exact) mass is 402 g/mol. The third kappa shape index (κ3) is 3.62. The van der Waals surface area contributed by atoms with Crippen molar-refractivity contribution >= 4 is 0 Å². The van der Waals surface area contributed by atoms with Gasteiger partial charge in [-0.15, -0.1) is 0 Å². The molecular formula is C24H20F2N4. The second kappa shape index (κ2) is 7.80. The van der Waals surface area contributed by atoms with Crippen molar-refractivity contribution < 1.29 is 8.78 Å². The van der Waals surface area contributed by atoms with Gasteiger partial charge in [-0.2, -0.15) is 5.10 Å². The van der Waals surface area contributed by atoms with Crippen LogP contribution in [0.15, 0.2) is 67.0 Å². The van der Waals surface area contributed by atoms with Crippen molar-refractivity contribution in [3.63, 3.8) is 0 Å². The molecule has 1 aromatic heterocycles. The van der Waals surface area contributed by atoms with Crippen molar-refractivity contribution in [3.8, 4) is 22.5 Å². The Hall–Kier alpha value is -3.38. The van der Waals surface area contributed by atoms with Crippen molar-refractivity contribution in [2.24, 2.45) is 0 Å². The van der Waals surface area contributed by atoms with E-state index in [1.165, 1.54) is 29.6 Å². The predicted molar refractivity (Wildman–Crippen MR) is 112 cm³/mol. The highest BCUT2D eigenvalue weighted by Crippen LogP contribution is 2.28. The molecule has 0 saturated heterocycles. The van der Waals surface area contributed by atoms with E-state index < -0.39 is 11.6 Å². The number of fused-ring (bicyclic) bond motifs is 1. The molecule has 1 heterocycles. The maximum atomic E-state index is 14.8. The zero-order chi connectivity index (χ0) is 20.5. The van der Waals surface area contributed by atoms with Crippen LogP contribution in [0.1, 0.15) is 16.7 Å². The van der Waals surface area contributed by atoms with E-state index >= 15 is 0 Å². The number of H-pyrrole nitrogens is 1. The number of aromatic amines is 1. The summed E-state index contributed by atoms with van der Waals surface area (Å²) in [5, 5.41) is 9.95.